The van der Waals surface area contributed by atoms with Gasteiger partial charge in [0.05, 0.1) is 12.2 Å². The SMILES string of the molecule is CCNC(=O)CN(CC)C(=O)c1cc(N)cn1C(C)C. The third-order valence-corrected chi connectivity index (χ3v) is 3.02. The minimum Gasteiger partial charge on any atom is -0.397 e. The van der Waals surface area contributed by atoms with Gasteiger partial charge >= 0.3 is 0 Å². The summed E-state index contributed by atoms with van der Waals surface area (Å²) in [6, 6.07) is 1.79. The molecule has 1 aromatic rings. The molecule has 0 radical (unpaired) electrons. The van der Waals surface area contributed by atoms with Crippen LogP contribution in [0, 0.1) is 0 Å². The van der Waals surface area contributed by atoms with Crippen LogP contribution in [-0.4, -0.2) is 40.9 Å². The first-order valence-electron chi connectivity index (χ1n) is 6.94. The first-order valence-corrected chi connectivity index (χ1v) is 6.94. The van der Waals surface area contributed by atoms with Crippen LogP contribution in [-0.2, 0) is 4.79 Å². The standard InChI is InChI=1S/C14H24N4O2/c1-5-16-13(19)9-17(6-2)14(20)12-7-11(15)8-18(12)10(3)4/h7-8,10H,5-6,9,15H2,1-4H3,(H,16,19). The smallest absolute Gasteiger partial charge is 0.271 e. The molecule has 0 aromatic carbocycles. The van der Waals surface area contributed by atoms with Gasteiger partial charge in [-0.2, -0.15) is 0 Å². The molecule has 0 unspecified atom stereocenters. The highest BCUT2D eigenvalue weighted by molar-refractivity contribution is 5.96. The van der Waals surface area contributed by atoms with E-state index in [0.29, 0.717) is 24.5 Å². The van der Waals surface area contributed by atoms with Crippen LogP contribution < -0.4 is 11.1 Å². The zero-order chi connectivity index (χ0) is 15.3. The van der Waals surface area contributed by atoms with Crippen molar-refractivity contribution in [3.05, 3.63) is 18.0 Å². The molecule has 0 bridgehead atoms. The van der Waals surface area contributed by atoms with Gasteiger partial charge in [-0.1, -0.05) is 0 Å². The van der Waals surface area contributed by atoms with Crippen molar-refractivity contribution < 1.29 is 9.59 Å². The summed E-state index contributed by atoms with van der Waals surface area (Å²) in [6.45, 7) is 8.75. The molecule has 0 spiro atoms. The molecule has 6 heteroatoms. The summed E-state index contributed by atoms with van der Waals surface area (Å²) in [5, 5.41) is 2.69. The maximum Gasteiger partial charge on any atom is 0.271 e. The first-order chi connectivity index (χ1) is 9.40. The number of nitrogens with one attached hydrogen (secondary N) is 1. The molecule has 20 heavy (non-hydrogen) atoms. The summed E-state index contributed by atoms with van der Waals surface area (Å²) in [4.78, 5) is 25.7. The van der Waals surface area contributed by atoms with Gasteiger partial charge in [0.15, 0.2) is 0 Å². The van der Waals surface area contributed by atoms with Crippen molar-refractivity contribution in [3.8, 4) is 0 Å². The molecular formula is C14H24N4O2. The third-order valence-electron chi connectivity index (χ3n) is 3.02. The fourth-order valence-corrected chi connectivity index (χ4v) is 2.01. The number of likely N-dealkylation sites (N-methyl/N-ethyl adjacent to an activating group) is 2. The van der Waals surface area contributed by atoms with Gasteiger partial charge in [0, 0.05) is 25.3 Å². The number of carbonyl (C=O) groups is 2. The van der Waals surface area contributed by atoms with Crippen molar-refractivity contribution in [2.75, 3.05) is 25.4 Å². The van der Waals surface area contributed by atoms with Crippen LogP contribution >= 0.6 is 0 Å². The van der Waals surface area contributed by atoms with Gasteiger partial charge in [-0.05, 0) is 33.8 Å². The van der Waals surface area contributed by atoms with E-state index in [4.69, 9.17) is 5.73 Å². The van der Waals surface area contributed by atoms with Crippen LogP contribution in [0.1, 0.15) is 44.2 Å². The monoisotopic (exact) mass is 280 g/mol. The van der Waals surface area contributed by atoms with E-state index in [1.54, 1.807) is 12.3 Å². The zero-order valence-electron chi connectivity index (χ0n) is 12.6. The first kappa shape index (κ1) is 16.1. The molecule has 0 aliphatic heterocycles. The molecule has 2 amide bonds. The summed E-state index contributed by atoms with van der Waals surface area (Å²) in [5.74, 6) is -0.331. The summed E-state index contributed by atoms with van der Waals surface area (Å²) in [6.07, 6.45) is 1.75. The fraction of sp³-hybridized carbons (Fsp3) is 0.571. The highest BCUT2D eigenvalue weighted by Gasteiger charge is 2.21. The van der Waals surface area contributed by atoms with Crippen molar-refractivity contribution in [1.29, 1.82) is 0 Å². The largest absolute Gasteiger partial charge is 0.397 e. The Bertz CT molecular complexity index is 480. The highest BCUT2D eigenvalue weighted by Crippen LogP contribution is 2.18. The van der Waals surface area contributed by atoms with E-state index in [9.17, 15) is 9.59 Å². The van der Waals surface area contributed by atoms with Crippen LogP contribution in [0.3, 0.4) is 0 Å². The average Bonchev–Trinajstić information content (AvgIpc) is 2.78. The molecule has 0 fully saturated rings. The molecule has 0 saturated carbocycles. The predicted molar refractivity (Wildman–Crippen MR) is 79.5 cm³/mol. The van der Waals surface area contributed by atoms with E-state index in [1.165, 1.54) is 4.90 Å². The van der Waals surface area contributed by atoms with Crippen LogP contribution in [0.15, 0.2) is 12.3 Å². The number of anilines is 1. The van der Waals surface area contributed by atoms with Crippen LogP contribution in [0.25, 0.3) is 0 Å². The van der Waals surface area contributed by atoms with Gasteiger partial charge in [0.1, 0.15) is 5.69 Å². The average molecular weight is 280 g/mol. The number of nitrogens with two attached hydrogens (primary N) is 1. The Morgan fingerprint density at radius 3 is 2.55 bits per heavy atom. The Morgan fingerprint density at radius 1 is 1.40 bits per heavy atom. The highest BCUT2D eigenvalue weighted by atomic mass is 16.2. The maximum atomic E-state index is 12.5. The van der Waals surface area contributed by atoms with E-state index in [1.807, 2.05) is 32.3 Å². The summed E-state index contributed by atoms with van der Waals surface area (Å²) < 4.78 is 1.83. The molecule has 1 aromatic heterocycles. The Kier molecular flexibility index (Phi) is 5.61. The summed E-state index contributed by atoms with van der Waals surface area (Å²) in [5.41, 5.74) is 6.84. The van der Waals surface area contributed by atoms with Gasteiger partial charge in [-0.25, -0.2) is 0 Å². The molecule has 1 heterocycles. The van der Waals surface area contributed by atoms with Crippen molar-refractivity contribution in [2.45, 2.75) is 33.7 Å². The van der Waals surface area contributed by atoms with Gasteiger partial charge in [0.25, 0.3) is 5.91 Å². The lowest BCUT2D eigenvalue weighted by atomic mass is 10.3. The lowest BCUT2D eigenvalue weighted by molar-refractivity contribution is -0.121. The Hall–Kier alpha value is -1.98. The number of aromatic nitrogens is 1. The van der Waals surface area contributed by atoms with E-state index >= 15 is 0 Å². The third kappa shape index (κ3) is 3.76. The topological polar surface area (TPSA) is 80.4 Å². The molecular weight excluding hydrogens is 256 g/mol. The molecule has 0 aliphatic carbocycles. The molecule has 0 saturated heterocycles. The van der Waals surface area contributed by atoms with E-state index in [-0.39, 0.29) is 24.4 Å². The predicted octanol–water partition coefficient (Wildman–Crippen LogP) is 1.25. The molecule has 3 N–H and O–H groups in total. The van der Waals surface area contributed by atoms with Crippen LogP contribution in [0.4, 0.5) is 5.69 Å². The minimum atomic E-state index is -0.177. The molecule has 112 valence electrons. The van der Waals surface area contributed by atoms with Gasteiger partial charge in [-0.3, -0.25) is 9.59 Å². The van der Waals surface area contributed by atoms with Crippen LogP contribution in [0.2, 0.25) is 0 Å². The number of nitrogen functional groups attached to an aromatic ring is 1. The lowest BCUT2D eigenvalue weighted by Gasteiger charge is -2.22. The lowest BCUT2D eigenvalue weighted by Crippen LogP contribution is -2.41. The Balaban J connectivity index is 2.94. The van der Waals surface area contributed by atoms with Crippen LogP contribution in [0.5, 0.6) is 0 Å². The molecule has 0 atom stereocenters. The number of hydrogen-bond donors (Lipinski definition) is 2. The molecule has 6 nitrogen and oxygen atoms in total. The molecule has 1 rings (SSSR count). The Labute approximate surface area is 119 Å². The number of rotatable bonds is 6. The second kappa shape index (κ2) is 6.98. The van der Waals surface area contributed by atoms with Gasteiger partial charge < -0.3 is 20.5 Å². The minimum absolute atomic E-state index is 0.0619. The fourth-order valence-electron chi connectivity index (χ4n) is 2.01. The van der Waals surface area contributed by atoms with Crippen molar-refractivity contribution in [2.24, 2.45) is 0 Å². The van der Waals surface area contributed by atoms with E-state index < -0.39 is 0 Å². The number of hydrogen-bond acceptors (Lipinski definition) is 3. The number of carbonyl (C=O) groups excluding carboxylic acids is 2. The number of amides is 2. The normalized spacial score (nSPS) is 10.7. The van der Waals surface area contributed by atoms with E-state index in [0.717, 1.165) is 0 Å². The molecule has 0 aliphatic rings. The quantitative estimate of drug-likeness (QED) is 0.823. The van der Waals surface area contributed by atoms with Crippen molar-refractivity contribution in [1.82, 2.24) is 14.8 Å². The Morgan fingerprint density at radius 2 is 2.05 bits per heavy atom. The summed E-state index contributed by atoms with van der Waals surface area (Å²) in [7, 11) is 0. The van der Waals surface area contributed by atoms with E-state index in [2.05, 4.69) is 5.32 Å². The van der Waals surface area contributed by atoms with Gasteiger partial charge in [-0.15, -0.1) is 0 Å². The maximum absolute atomic E-state index is 12.5. The summed E-state index contributed by atoms with van der Waals surface area (Å²) >= 11 is 0. The van der Waals surface area contributed by atoms with Crippen molar-refractivity contribution in [3.63, 3.8) is 0 Å². The van der Waals surface area contributed by atoms with Crippen molar-refractivity contribution >= 4 is 17.5 Å². The van der Waals surface area contributed by atoms with Gasteiger partial charge in [0.2, 0.25) is 5.91 Å². The zero-order valence-corrected chi connectivity index (χ0v) is 12.6. The number of nitrogens with zero attached hydrogens (tertiary/aromatic N) is 2. The second-order valence-corrected chi connectivity index (χ2v) is 4.93. The second-order valence-electron chi connectivity index (χ2n) is 4.93.